The maximum Gasteiger partial charge on any atom is 0.0768 e. The molecule has 4 atom stereocenters. The molecule has 3 nitrogen and oxygen atoms in total. The van der Waals surface area contributed by atoms with Crippen LogP contribution in [-0.4, -0.2) is 31.0 Å². The fourth-order valence-electron chi connectivity index (χ4n) is 2.41. The minimum atomic E-state index is -0.559. The second-order valence-electron chi connectivity index (χ2n) is 5.26. The second kappa shape index (κ2) is 8.90. The van der Waals surface area contributed by atoms with E-state index in [0.29, 0.717) is 13.2 Å². The quantitative estimate of drug-likeness (QED) is 0.706. The molecular formula is C17H26O3. The maximum absolute atomic E-state index is 9.84. The number of hydrogen-bond acceptors (Lipinski definition) is 3. The van der Waals surface area contributed by atoms with Gasteiger partial charge in [-0.15, -0.1) is 6.58 Å². The number of hydrogen-bond donors (Lipinski definition) is 1. The Morgan fingerprint density at radius 1 is 1.25 bits per heavy atom. The van der Waals surface area contributed by atoms with Crippen LogP contribution < -0.4 is 0 Å². The smallest absolute Gasteiger partial charge is 0.0768 e. The summed E-state index contributed by atoms with van der Waals surface area (Å²) in [6, 6.07) is 10.1. The molecule has 1 aromatic rings. The van der Waals surface area contributed by atoms with Gasteiger partial charge in [-0.25, -0.2) is 0 Å². The van der Waals surface area contributed by atoms with E-state index in [4.69, 9.17) is 9.47 Å². The molecule has 0 bridgehead atoms. The third-order valence-corrected chi connectivity index (χ3v) is 3.62. The van der Waals surface area contributed by atoms with Crippen LogP contribution in [0.4, 0.5) is 0 Å². The lowest BCUT2D eigenvalue weighted by Gasteiger charge is -2.30. The first-order valence-electron chi connectivity index (χ1n) is 7.05. The Labute approximate surface area is 122 Å². The zero-order valence-corrected chi connectivity index (χ0v) is 12.7. The molecule has 112 valence electrons. The summed E-state index contributed by atoms with van der Waals surface area (Å²) >= 11 is 0. The Balaban J connectivity index is 2.43. The lowest BCUT2D eigenvalue weighted by molar-refractivity contribution is -0.0471. The van der Waals surface area contributed by atoms with E-state index in [2.05, 4.69) is 13.5 Å². The third kappa shape index (κ3) is 5.08. The molecule has 0 saturated heterocycles. The summed E-state index contributed by atoms with van der Waals surface area (Å²) in [5.41, 5.74) is 1.16. The van der Waals surface area contributed by atoms with Gasteiger partial charge in [0.05, 0.1) is 25.4 Å². The SMILES string of the molecule is C=C[C@@H](O)[C@H](C)[C@H](OC)[C@H](C)COCc1ccccc1. The first-order chi connectivity index (χ1) is 9.60. The summed E-state index contributed by atoms with van der Waals surface area (Å²) in [5.74, 6) is 0.195. The predicted molar refractivity (Wildman–Crippen MR) is 81.4 cm³/mol. The van der Waals surface area contributed by atoms with Crippen molar-refractivity contribution >= 4 is 0 Å². The van der Waals surface area contributed by atoms with Gasteiger partial charge in [0.25, 0.3) is 0 Å². The van der Waals surface area contributed by atoms with Crippen LogP contribution in [0, 0.1) is 11.8 Å². The van der Waals surface area contributed by atoms with E-state index >= 15 is 0 Å². The minimum Gasteiger partial charge on any atom is -0.389 e. The lowest BCUT2D eigenvalue weighted by Crippen LogP contribution is -2.36. The Bertz CT molecular complexity index is 377. The minimum absolute atomic E-state index is 0.00664. The van der Waals surface area contributed by atoms with Crippen LogP contribution in [0.15, 0.2) is 43.0 Å². The molecule has 0 aliphatic carbocycles. The number of benzene rings is 1. The van der Waals surface area contributed by atoms with Gasteiger partial charge in [0.1, 0.15) is 0 Å². The van der Waals surface area contributed by atoms with Gasteiger partial charge in [-0.3, -0.25) is 0 Å². The number of rotatable bonds is 9. The first kappa shape index (κ1) is 16.9. The van der Waals surface area contributed by atoms with Crippen molar-refractivity contribution < 1.29 is 14.6 Å². The van der Waals surface area contributed by atoms with Gasteiger partial charge >= 0.3 is 0 Å². The van der Waals surface area contributed by atoms with Gasteiger partial charge in [-0.2, -0.15) is 0 Å². The lowest BCUT2D eigenvalue weighted by atomic mass is 9.89. The predicted octanol–water partition coefficient (Wildman–Crippen LogP) is 3.04. The fourth-order valence-corrected chi connectivity index (χ4v) is 2.41. The third-order valence-electron chi connectivity index (χ3n) is 3.62. The van der Waals surface area contributed by atoms with Crippen molar-refractivity contribution in [3.8, 4) is 0 Å². The molecule has 0 heterocycles. The molecule has 0 unspecified atom stereocenters. The first-order valence-corrected chi connectivity index (χ1v) is 7.05. The van der Waals surface area contributed by atoms with Crippen LogP contribution in [0.25, 0.3) is 0 Å². The van der Waals surface area contributed by atoms with Crippen LogP contribution in [0.5, 0.6) is 0 Å². The van der Waals surface area contributed by atoms with Crippen molar-refractivity contribution in [2.75, 3.05) is 13.7 Å². The summed E-state index contributed by atoms with van der Waals surface area (Å²) < 4.78 is 11.3. The highest BCUT2D eigenvalue weighted by Crippen LogP contribution is 2.21. The van der Waals surface area contributed by atoms with E-state index in [1.165, 1.54) is 0 Å². The molecule has 0 radical (unpaired) electrons. The topological polar surface area (TPSA) is 38.7 Å². The van der Waals surface area contributed by atoms with Crippen molar-refractivity contribution in [1.82, 2.24) is 0 Å². The molecule has 1 N–H and O–H groups in total. The standard InChI is InChI=1S/C17H26O3/c1-5-16(18)14(3)17(19-4)13(2)11-20-12-15-9-7-6-8-10-15/h5-10,13-14,16-18H,1,11-12H2,2-4H3/t13-,14+,16-,17-/m1/s1. The molecule has 3 heteroatoms. The van der Waals surface area contributed by atoms with Crippen LogP contribution in [0.2, 0.25) is 0 Å². The molecule has 0 aliphatic heterocycles. The highest BCUT2D eigenvalue weighted by atomic mass is 16.5. The Morgan fingerprint density at radius 3 is 2.45 bits per heavy atom. The number of methoxy groups -OCH3 is 1. The van der Waals surface area contributed by atoms with Crippen molar-refractivity contribution in [3.05, 3.63) is 48.6 Å². The number of ether oxygens (including phenoxy) is 2. The van der Waals surface area contributed by atoms with Gasteiger partial charge in [-0.1, -0.05) is 50.3 Å². The number of aliphatic hydroxyl groups is 1. The fraction of sp³-hybridized carbons (Fsp3) is 0.529. The van der Waals surface area contributed by atoms with E-state index in [1.807, 2.05) is 37.3 Å². The molecule has 20 heavy (non-hydrogen) atoms. The zero-order chi connectivity index (χ0) is 15.0. The summed E-state index contributed by atoms with van der Waals surface area (Å²) in [6.07, 6.45) is 0.934. The molecule has 0 aromatic heterocycles. The van der Waals surface area contributed by atoms with E-state index in [1.54, 1.807) is 13.2 Å². The second-order valence-corrected chi connectivity index (χ2v) is 5.26. The van der Waals surface area contributed by atoms with Crippen molar-refractivity contribution in [3.63, 3.8) is 0 Å². The Hall–Kier alpha value is -1.16. The van der Waals surface area contributed by atoms with E-state index in [0.717, 1.165) is 5.56 Å². The summed E-state index contributed by atoms with van der Waals surface area (Å²) in [4.78, 5) is 0. The zero-order valence-electron chi connectivity index (χ0n) is 12.7. The van der Waals surface area contributed by atoms with Crippen molar-refractivity contribution in [2.24, 2.45) is 11.8 Å². The molecule has 0 saturated carbocycles. The van der Waals surface area contributed by atoms with Crippen LogP contribution >= 0.6 is 0 Å². The van der Waals surface area contributed by atoms with Crippen LogP contribution in [-0.2, 0) is 16.1 Å². The number of aliphatic hydroxyl groups excluding tert-OH is 1. The normalized spacial score (nSPS) is 17.2. The molecular weight excluding hydrogens is 252 g/mol. The Morgan fingerprint density at radius 2 is 1.90 bits per heavy atom. The van der Waals surface area contributed by atoms with Crippen molar-refractivity contribution in [1.29, 1.82) is 0 Å². The average molecular weight is 278 g/mol. The van der Waals surface area contributed by atoms with E-state index < -0.39 is 6.10 Å². The van der Waals surface area contributed by atoms with Crippen LogP contribution in [0.3, 0.4) is 0 Å². The van der Waals surface area contributed by atoms with Gasteiger partial charge in [0, 0.05) is 18.9 Å². The highest BCUT2D eigenvalue weighted by Gasteiger charge is 2.27. The monoisotopic (exact) mass is 278 g/mol. The maximum atomic E-state index is 9.84. The molecule has 0 amide bonds. The highest BCUT2D eigenvalue weighted by molar-refractivity contribution is 5.13. The van der Waals surface area contributed by atoms with E-state index in [9.17, 15) is 5.11 Å². The molecule has 1 rings (SSSR count). The summed E-state index contributed by atoms with van der Waals surface area (Å²) in [5, 5.41) is 9.84. The van der Waals surface area contributed by atoms with E-state index in [-0.39, 0.29) is 17.9 Å². The summed E-state index contributed by atoms with van der Waals surface area (Å²) in [6.45, 7) is 8.86. The van der Waals surface area contributed by atoms with Crippen LogP contribution in [0.1, 0.15) is 19.4 Å². The van der Waals surface area contributed by atoms with Gasteiger partial charge in [0.2, 0.25) is 0 Å². The summed E-state index contributed by atoms with van der Waals surface area (Å²) in [7, 11) is 1.67. The average Bonchev–Trinajstić information content (AvgIpc) is 2.48. The molecule has 0 aliphatic rings. The molecule has 1 aromatic carbocycles. The Kier molecular flexibility index (Phi) is 7.52. The molecule has 0 fully saturated rings. The van der Waals surface area contributed by atoms with Gasteiger partial charge in [0.15, 0.2) is 0 Å². The largest absolute Gasteiger partial charge is 0.389 e. The van der Waals surface area contributed by atoms with Gasteiger partial charge in [-0.05, 0) is 5.56 Å². The van der Waals surface area contributed by atoms with Crippen molar-refractivity contribution in [2.45, 2.75) is 32.7 Å². The molecule has 0 spiro atoms. The van der Waals surface area contributed by atoms with Gasteiger partial charge < -0.3 is 14.6 Å².